The van der Waals surface area contributed by atoms with Crippen LogP contribution in [0.5, 0.6) is 0 Å². The van der Waals surface area contributed by atoms with Crippen molar-refractivity contribution in [3.63, 3.8) is 0 Å². The number of rotatable bonds is 6. The van der Waals surface area contributed by atoms with Gasteiger partial charge in [0.1, 0.15) is 0 Å². The summed E-state index contributed by atoms with van der Waals surface area (Å²) in [5.41, 5.74) is 9.29. The SMILES string of the molecule is Cc1cc(C(N)=O)ccc1NC(C)CCc1ccccc1. The van der Waals surface area contributed by atoms with Crippen LogP contribution in [-0.4, -0.2) is 11.9 Å². The minimum Gasteiger partial charge on any atom is -0.382 e. The van der Waals surface area contributed by atoms with Crippen LogP contribution in [0.25, 0.3) is 0 Å². The van der Waals surface area contributed by atoms with Gasteiger partial charge in [0.15, 0.2) is 0 Å². The number of hydrogen-bond acceptors (Lipinski definition) is 2. The first kappa shape index (κ1) is 15.1. The Kier molecular flexibility index (Phi) is 4.99. The molecule has 0 bridgehead atoms. The Bertz CT molecular complexity index is 608. The van der Waals surface area contributed by atoms with Gasteiger partial charge >= 0.3 is 0 Å². The zero-order valence-corrected chi connectivity index (χ0v) is 12.6. The van der Waals surface area contributed by atoms with E-state index in [4.69, 9.17) is 5.73 Å². The average Bonchev–Trinajstić information content (AvgIpc) is 2.48. The molecule has 0 spiro atoms. The second-order valence-electron chi connectivity index (χ2n) is 5.46. The highest BCUT2D eigenvalue weighted by Crippen LogP contribution is 2.18. The fourth-order valence-electron chi connectivity index (χ4n) is 2.34. The molecule has 2 rings (SSSR count). The van der Waals surface area contributed by atoms with Gasteiger partial charge < -0.3 is 11.1 Å². The summed E-state index contributed by atoms with van der Waals surface area (Å²) >= 11 is 0. The highest BCUT2D eigenvalue weighted by molar-refractivity contribution is 5.93. The van der Waals surface area contributed by atoms with Crippen molar-refractivity contribution in [2.24, 2.45) is 5.73 Å². The van der Waals surface area contributed by atoms with Gasteiger partial charge in [-0.2, -0.15) is 0 Å². The maximum absolute atomic E-state index is 11.1. The van der Waals surface area contributed by atoms with E-state index in [1.807, 2.05) is 25.1 Å². The van der Waals surface area contributed by atoms with Crippen molar-refractivity contribution in [1.29, 1.82) is 0 Å². The molecular formula is C18H22N2O. The molecule has 0 aromatic heterocycles. The van der Waals surface area contributed by atoms with Gasteiger partial charge in [0, 0.05) is 17.3 Å². The first-order chi connectivity index (χ1) is 10.1. The second kappa shape index (κ2) is 6.93. The third kappa shape index (κ3) is 4.35. The van der Waals surface area contributed by atoms with Gasteiger partial charge in [0.05, 0.1) is 0 Å². The molecular weight excluding hydrogens is 260 g/mol. The molecule has 1 atom stereocenters. The molecule has 2 aromatic rings. The molecule has 1 amide bonds. The lowest BCUT2D eigenvalue weighted by molar-refractivity contribution is 0.1000. The third-order valence-corrected chi connectivity index (χ3v) is 3.62. The summed E-state index contributed by atoms with van der Waals surface area (Å²) in [4.78, 5) is 11.1. The number of amides is 1. The van der Waals surface area contributed by atoms with Crippen LogP contribution < -0.4 is 11.1 Å². The Labute approximate surface area is 126 Å². The van der Waals surface area contributed by atoms with Crippen molar-refractivity contribution in [2.45, 2.75) is 32.7 Å². The Hall–Kier alpha value is -2.29. The Morgan fingerprint density at radius 2 is 1.90 bits per heavy atom. The van der Waals surface area contributed by atoms with Crippen LogP contribution in [0.4, 0.5) is 5.69 Å². The highest BCUT2D eigenvalue weighted by atomic mass is 16.1. The molecule has 110 valence electrons. The first-order valence-corrected chi connectivity index (χ1v) is 7.27. The van der Waals surface area contributed by atoms with Crippen molar-refractivity contribution >= 4 is 11.6 Å². The molecule has 0 saturated heterocycles. The maximum Gasteiger partial charge on any atom is 0.248 e. The van der Waals surface area contributed by atoms with Crippen molar-refractivity contribution in [3.8, 4) is 0 Å². The van der Waals surface area contributed by atoms with E-state index < -0.39 is 0 Å². The minimum absolute atomic E-state index is 0.364. The fourth-order valence-corrected chi connectivity index (χ4v) is 2.34. The van der Waals surface area contributed by atoms with E-state index in [0.29, 0.717) is 11.6 Å². The Morgan fingerprint density at radius 3 is 2.52 bits per heavy atom. The van der Waals surface area contributed by atoms with Crippen molar-refractivity contribution < 1.29 is 4.79 Å². The quantitative estimate of drug-likeness (QED) is 0.851. The smallest absolute Gasteiger partial charge is 0.248 e. The molecule has 0 heterocycles. The number of benzene rings is 2. The minimum atomic E-state index is -0.387. The van der Waals surface area contributed by atoms with E-state index in [2.05, 4.69) is 36.5 Å². The standard InChI is InChI=1S/C18H22N2O/c1-13-12-16(18(19)21)10-11-17(13)20-14(2)8-9-15-6-4-3-5-7-15/h3-7,10-12,14,20H,8-9H2,1-2H3,(H2,19,21). The molecule has 3 N–H and O–H groups in total. The van der Waals surface area contributed by atoms with Gasteiger partial charge in [-0.1, -0.05) is 30.3 Å². The summed E-state index contributed by atoms with van der Waals surface area (Å²) in [6.45, 7) is 4.16. The summed E-state index contributed by atoms with van der Waals surface area (Å²) in [6, 6.07) is 16.4. The molecule has 3 nitrogen and oxygen atoms in total. The first-order valence-electron chi connectivity index (χ1n) is 7.27. The molecule has 3 heteroatoms. The van der Waals surface area contributed by atoms with E-state index in [-0.39, 0.29) is 5.91 Å². The Balaban J connectivity index is 1.93. The number of primary amides is 1. The topological polar surface area (TPSA) is 55.1 Å². The van der Waals surface area contributed by atoms with Crippen molar-refractivity contribution in [3.05, 3.63) is 65.2 Å². The van der Waals surface area contributed by atoms with Crippen LogP contribution in [0.2, 0.25) is 0 Å². The Morgan fingerprint density at radius 1 is 1.19 bits per heavy atom. The number of anilines is 1. The lowest BCUT2D eigenvalue weighted by atomic mass is 10.0. The fraction of sp³-hybridized carbons (Fsp3) is 0.278. The van der Waals surface area contributed by atoms with Gasteiger partial charge in [-0.25, -0.2) is 0 Å². The number of carbonyl (C=O) groups excluding carboxylic acids is 1. The van der Waals surface area contributed by atoms with E-state index in [1.54, 1.807) is 6.07 Å². The monoisotopic (exact) mass is 282 g/mol. The summed E-state index contributed by atoms with van der Waals surface area (Å²) in [6.07, 6.45) is 2.11. The molecule has 0 fully saturated rings. The third-order valence-electron chi connectivity index (χ3n) is 3.62. The van der Waals surface area contributed by atoms with Gasteiger partial charge in [0.2, 0.25) is 5.91 Å². The van der Waals surface area contributed by atoms with Crippen LogP contribution in [-0.2, 0) is 6.42 Å². The number of hydrogen-bond donors (Lipinski definition) is 2. The van der Waals surface area contributed by atoms with Gasteiger partial charge in [0.25, 0.3) is 0 Å². The molecule has 21 heavy (non-hydrogen) atoms. The van der Waals surface area contributed by atoms with Gasteiger partial charge in [-0.15, -0.1) is 0 Å². The summed E-state index contributed by atoms with van der Waals surface area (Å²) in [5, 5.41) is 3.49. The largest absolute Gasteiger partial charge is 0.382 e. The number of nitrogens with two attached hydrogens (primary N) is 1. The molecule has 2 aromatic carbocycles. The summed E-state index contributed by atoms with van der Waals surface area (Å²) < 4.78 is 0. The highest BCUT2D eigenvalue weighted by Gasteiger charge is 2.07. The number of aryl methyl sites for hydroxylation is 2. The summed E-state index contributed by atoms with van der Waals surface area (Å²) in [5.74, 6) is -0.387. The number of nitrogens with one attached hydrogen (secondary N) is 1. The lowest BCUT2D eigenvalue weighted by Gasteiger charge is -2.17. The zero-order chi connectivity index (χ0) is 15.2. The normalized spacial score (nSPS) is 11.9. The van der Waals surface area contributed by atoms with Crippen molar-refractivity contribution in [1.82, 2.24) is 0 Å². The van der Waals surface area contributed by atoms with Crippen LogP contribution in [0, 0.1) is 6.92 Å². The molecule has 0 aliphatic rings. The van der Waals surface area contributed by atoms with Crippen LogP contribution in [0.3, 0.4) is 0 Å². The van der Waals surface area contributed by atoms with E-state index in [1.165, 1.54) is 5.56 Å². The van der Waals surface area contributed by atoms with Crippen LogP contribution in [0.15, 0.2) is 48.5 Å². The van der Waals surface area contributed by atoms with E-state index >= 15 is 0 Å². The van der Waals surface area contributed by atoms with Crippen LogP contribution in [0.1, 0.15) is 34.8 Å². The van der Waals surface area contributed by atoms with E-state index in [0.717, 1.165) is 24.1 Å². The second-order valence-corrected chi connectivity index (χ2v) is 5.46. The molecule has 0 aliphatic heterocycles. The van der Waals surface area contributed by atoms with Crippen LogP contribution >= 0.6 is 0 Å². The molecule has 0 aliphatic carbocycles. The van der Waals surface area contributed by atoms with E-state index in [9.17, 15) is 4.79 Å². The zero-order valence-electron chi connectivity index (χ0n) is 12.6. The molecule has 1 unspecified atom stereocenters. The maximum atomic E-state index is 11.1. The molecule has 0 radical (unpaired) electrons. The lowest BCUT2D eigenvalue weighted by Crippen LogP contribution is -2.17. The van der Waals surface area contributed by atoms with Gasteiger partial charge in [-0.3, -0.25) is 4.79 Å². The van der Waals surface area contributed by atoms with Crippen molar-refractivity contribution in [2.75, 3.05) is 5.32 Å². The molecule has 0 saturated carbocycles. The predicted octanol–water partition coefficient (Wildman–Crippen LogP) is 3.53. The average molecular weight is 282 g/mol. The summed E-state index contributed by atoms with van der Waals surface area (Å²) in [7, 11) is 0. The number of carbonyl (C=O) groups is 1. The predicted molar refractivity (Wildman–Crippen MR) is 87.5 cm³/mol. The van der Waals surface area contributed by atoms with Gasteiger partial charge in [-0.05, 0) is 56.0 Å².